The van der Waals surface area contributed by atoms with Crippen LogP contribution in [0.5, 0.6) is 0 Å². The first kappa shape index (κ1) is 16.7. The fraction of sp³-hybridized carbons (Fsp3) is 0. The quantitative estimate of drug-likeness (QED) is 0.280. The number of hydrogen-bond acceptors (Lipinski definition) is 0. The van der Waals surface area contributed by atoms with E-state index < -0.39 is 0 Å². The van der Waals surface area contributed by atoms with Gasteiger partial charge in [0.1, 0.15) is 0 Å². The minimum Gasteiger partial charge on any atom is -0.308 e. The standard InChI is InChI=1S/C30H19N/c1-3-10-20(11-4-1)22-14-7-15-23-24-16-8-17-25-27-19-9-18-26(21-12-5-2-6-13-21)31(27)30(28(22)23)29(24)25/h1-19H. The molecule has 0 amide bonds. The highest BCUT2D eigenvalue weighted by atomic mass is 14.9. The number of pyridine rings is 1. The Labute approximate surface area is 180 Å². The van der Waals surface area contributed by atoms with Gasteiger partial charge in [0.05, 0.1) is 16.9 Å². The van der Waals surface area contributed by atoms with Crippen LogP contribution in [-0.2, 0) is 0 Å². The Hall–Kier alpha value is -4.10. The van der Waals surface area contributed by atoms with Gasteiger partial charge in [-0.1, -0.05) is 103 Å². The van der Waals surface area contributed by atoms with Crippen LogP contribution < -0.4 is 0 Å². The van der Waals surface area contributed by atoms with Crippen molar-refractivity contribution in [3.8, 4) is 44.8 Å². The monoisotopic (exact) mass is 393 g/mol. The van der Waals surface area contributed by atoms with Crippen molar-refractivity contribution in [3.63, 3.8) is 0 Å². The third-order valence-electron chi connectivity index (χ3n) is 6.54. The minimum absolute atomic E-state index is 1.23. The van der Waals surface area contributed by atoms with E-state index in [1.807, 2.05) is 0 Å². The smallest absolute Gasteiger partial charge is 0.0632 e. The Morgan fingerprint density at radius 2 is 1.10 bits per heavy atom. The van der Waals surface area contributed by atoms with Gasteiger partial charge in [0.25, 0.3) is 0 Å². The molecule has 1 heteroatoms. The van der Waals surface area contributed by atoms with Gasteiger partial charge >= 0.3 is 0 Å². The van der Waals surface area contributed by atoms with Gasteiger partial charge in [-0.15, -0.1) is 0 Å². The summed E-state index contributed by atoms with van der Waals surface area (Å²) in [6.45, 7) is 0. The minimum atomic E-state index is 1.23. The first-order valence-corrected chi connectivity index (χ1v) is 10.7. The highest BCUT2D eigenvalue weighted by Gasteiger charge is 2.29. The number of nitrogens with zero attached hydrogens (tertiary/aromatic N) is 1. The third kappa shape index (κ3) is 2.21. The van der Waals surface area contributed by atoms with Crippen molar-refractivity contribution in [3.05, 3.63) is 115 Å². The second kappa shape index (κ2) is 6.20. The molecule has 2 aromatic heterocycles. The fourth-order valence-electron chi connectivity index (χ4n) is 5.28. The van der Waals surface area contributed by atoms with Crippen molar-refractivity contribution < 1.29 is 0 Å². The van der Waals surface area contributed by atoms with E-state index in [0.29, 0.717) is 0 Å². The van der Waals surface area contributed by atoms with Gasteiger partial charge in [-0.2, -0.15) is 0 Å². The normalized spacial score (nSPS) is 11.9. The van der Waals surface area contributed by atoms with E-state index in [1.165, 1.54) is 61.1 Å². The van der Waals surface area contributed by atoms with Crippen LogP contribution in [0.1, 0.15) is 0 Å². The lowest BCUT2D eigenvalue weighted by Gasteiger charge is -2.14. The van der Waals surface area contributed by atoms with E-state index in [0.717, 1.165) is 0 Å². The molecule has 0 saturated heterocycles. The molecule has 2 heterocycles. The van der Waals surface area contributed by atoms with Crippen molar-refractivity contribution >= 4 is 16.3 Å². The average Bonchev–Trinajstić information content (AvgIpc) is 3.37. The van der Waals surface area contributed by atoms with Crippen molar-refractivity contribution in [2.45, 2.75) is 0 Å². The number of rotatable bonds is 2. The number of fused-ring (bicyclic) bond motifs is 6. The van der Waals surface area contributed by atoms with Gasteiger partial charge in [-0.05, 0) is 39.9 Å². The molecule has 7 rings (SSSR count). The maximum Gasteiger partial charge on any atom is 0.0632 e. The zero-order chi connectivity index (χ0) is 20.4. The summed E-state index contributed by atoms with van der Waals surface area (Å²) in [5.74, 6) is 0. The van der Waals surface area contributed by atoms with Crippen molar-refractivity contribution in [2.24, 2.45) is 0 Å². The summed E-state index contributed by atoms with van der Waals surface area (Å²) in [5.41, 5.74) is 11.6. The Bertz CT molecular complexity index is 1610. The zero-order valence-electron chi connectivity index (χ0n) is 16.9. The maximum atomic E-state index is 2.47. The van der Waals surface area contributed by atoms with Crippen LogP contribution in [0.4, 0.5) is 0 Å². The molecule has 0 radical (unpaired) electrons. The number of hydrogen-bond donors (Lipinski definition) is 0. The predicted octanol–water partition coefficient (Wildman–Crippen LogP) is 8.07. The van der Waals surface area contributed by atoms with Gasteiger partial charge in [-0.3, -0.25) is 0 Å². The van der Waals surface area contributed by atoms with Crippen LogP contribution in [0.2, 0.25) is 0 Å². The average molecular weight is 393 g/mol. The Kier molecular flexibility index (Phi) is 3.33. The van der Waals surface area contributed by atoms with E-state index in [1.54, 1.807) is 0 Å². The van der Waals surface area contributed by atoms with Crippen molar-refractivity contribution in [2.75, 3.05) is 0 Å². The van der Waals surface area contributed by atoms with E-state index >= 15 is 0 Å². The van der Waals surface area contributed by atoms with Crippen LogP contribution in [-0.4, -0.2) is 4.40 Å². The molecular weight excluding hydrogens is 374 g/mol. The van der Waals surface area contributed by atoms with Crippen LogP contribution in [0, 0.1) is 0 Å². The van der Waals surface area contributed by atoms with Gasteiger partial charge in [0.2, 0.25) is 0 Å². The Morgan fingerprint density at radius 3 is 1.90 bits per heavy atom. The second-order valence-corrected chi connectivity index (χ2v) is 8.17. The molecule has 0 saturated carbocycles. The van der Waals surface area contributed by atoms with E-state index in [4.69, 9.17) is 0 Å². The SMILES string of the molecule is c1ccc(-c2cccc3c2-c2c4c-3cccc4c3cccc(-c4ccccc4)n23)cc1. The van der Waals surface area contributed by atoms with Gasteiger partial charge in [-0.25, -0.2) is 0 Å². The lowest BCUT2D eigenvalue weighted by molar-refractivity contribution is 1.22. The molecule has 0 N–H and O–H groups in total. The summed E-state index contributed by atoms with van der Waals surface area (Å²) in [5, 5.41) is 2.68. The molecule has 0 fully saturated rings. The van der Waals surface area contributed by atoms with E-state index in [-0.39, 0.29) is 0 Å². The molecule has 0 atom stereocenters. The van der Waals surface area contributed by atoms with Crippen LogP contribution in [0.25, 0.3) is 61.1 Å². The van der Waals surface area contributed by atoms with Crippen molar-refractivity contribution in [1.29, 1.82) is 0 Å². The van der Waals surface area contributed by atoms with Crippen LogP contribution >= 0.6 is 0 Å². The van der Waals surface area contributed by atoms with E-state index in [2.05, 4.69) is 120 Å². The first-order valence-electron chi connectivity index (χ1n) is 10.7. The summed E-state index contributed by atoms with van der Waals surface area (Å²) in [6, 6.07) is 41.6. The summed E-state index contributed by atoms with van der Waals surface area (Å²) < 4.78 is 2.47. The molecule has 31 heavy (non-hydrogen) atoms. The molecule has 144 valence electrons. The van der Waals surface area contributed by atoms with Crippen LogP contribution in [0.15, 0.2) is 115 Å². The summed E-state index contributed by atoms with van der Waals surface area (Å²) in [7, 11) is 0. The summed E-state index contributed by atoms with van der Waals surface area (Å²) in [4.78, 5) is 0. The number of aromatic nitrogens is 1. The molecular formula is C30H19N. The Balaban J connectivity index is 1.69. The third-order valence-corrected chi connectivity index (χ3v) is 6.54. The molecule has 1 nitrogen and oxygen atoms in total. The number of benzene rings is 4. The lowest BCUT2D eigenvalue weighted by atomic mass is 9.95. The topological polar surface area (TPSA) is 4.41 Å². The summed E-state index contributed by atoms with van der Waals surface area (Å²) >= 11 is 0. The summed E-state index contributed by atoms with van der Waals surface area (Å²) in [6.07, 6.45) is 0. The van der Waals surface area contributed by atoms with Crippen molar-refractivity contribution in [1.82, 2.24) is 4.40 Å². The second-order valence-electron chi connectivity index (χ2n) is 8.17. The molecule has 1 aliphatic rings. The molecule has 0 aliphatic heterocycles. The van der Waals surface area contributed by atoms with Gasteiger partial charge in [0, 0.05) is 16.3 Å². The predicted molar refractivity (Wildman–Crippen MR) is 130 cm³/mol. The van der Waals surface area contributed by atoms with Gasteiger partial charge < -0.3 is 4.40 Å². The highest BCUT2D eigenvalue weighted by Crippen LogP contribution is 2.53. The first-order chi connectivity index (χ1) is 15.4. The molecule has 4 aromatic carbocycles. The largest absolute Gasteiger partial charge is 0.308 e. The lowest BCUT2D eigenvalue weighted by Crippen LogP contribution is -1.95. The highest BCUT2D eigenvalue weighted by molar-refractivity contribution is 6.22. The molecule has 0 bridgehead atoms. The fourth-order valence-corrected chi connectivity index (χ4v) is 5.28. The van der Waals surface area contributed by atoms with Crippen LogP contribution in [0.3, 0.4) is 0 Å². The molecule has 0 spiro atoms. The Morgan fingerprint density at radius 1 is 0.452 bits per heavy atom. The zero-order valence-corrected chi connectivity index (χ0v) is 16.9. The van der Waals surface area contributed by atoms with Gasteiger partial charge in [0.15, 0.2) is 0 Å². The molecule has 6 aromatic rings. The molecule has 0 unspecified atom stereocenters. The van der Waals surface area contributed by atoms with E-state index in [9.17, 15) is 0 Å². The maximum absolute atomic E-state index is 2.47. The molecule has 1 aliphatic carbocycles.